The summed E-state index contributed by atoms with van der Waals surface area (Å²) in [5.41, 5.74) is 3.60. The summed E-state index contributed by atoms with van der Waals surface area (Å²) in [6.45, 7) is 0.709. The molecule has 0 amide bonds. The predicted molar refractivity (Wildman–Crippen MR) is 119 cm³/mol. The Labute approximate surface area is 188 Å². The molecule has 1 fully saturated rings. The first kappa shape index (κ1) is 19.5. The standard InChI is InChI=1S/C24H19F2N7/c25-18-5-6-20(26)19(11-18)21-4-2-9-31(21)23-7-10-32-24(30-23)22(14-29-32)33-15-17(13-28-33)16-3-1-8-27-12-16/h1,3,5-8,10-15,21H,2,4,9H2. The Kier molecular flexibility index (Phi) is 4.60. The van der Waals surface area contributed by atoms with E-state index < -0.39 is 11.6 Å². The largest absolute Gasteiger partial charge is 0.349 e. The molecule has 7 nitrogen and oxygen atoms in total. The van der Waals surface area contributed by atoms with Gasteiger partial charge >= 0.3 is 0 Å². The highest BCUT2D eigenvalue weighted by Gasteiger charge is 2.30. The molecule has 0 spiro atoms. The molecular formula is C24H19F2N7. The fourth-order valence-corrected chi connectivity index (χ4v) is 4.44. The van der Waals surface area contributed by atoms with Crippen LogP contribution in [0.1, 0.15) is 24.4 Å². The SMILES string of the molecule is Fc1ccc(F)c(C2CCCN2c2ccn3ncc(-n4cc(-c5cccnc5)cn4)c3n2)c1. The van der Waals surface area contributed by atoms with E-state index in [-0.39, 0.29) is 6.04 Å². The smallest absolute Gasteiger partial charge is 0.183 e. The second-order valence-corrected chi connectivity index (χ2v) is 8.02. The summed E-state index contributed by atoms with van der Waals surface area (Å²) < 4.78 is 31.7. The molecule has 4 aromatic heterocycles. The van der Waals surface area contributed by atoms with Gasteiger partial charge in [-0.25, -0.2) is 23.0 Å². The maximum atomic E-state index is 14.5. The highest BCUT2D eigenvalue weighted by atomic mass is 19.1. The van der Waals surface area contributed by atoms with Gasteiger partial charge in [-0.2, -0.15) is 10.2 Å². The van der Waals surface area contributed by atoms with Crippen LogP contribution in [-0.2, 0) is 0 Å². The number of aromatic nitrogens is 6. The first-order valence-corrected chi connectivity index (χ1v) is 10.7. The Morgan fingerprint density at radius 3 is 2.79 bits per heavy atom. The average Bonchev–Trinajstić information content (AvgIpc) is 3.60. The highest BCUT2D eigenvalue weighted by Crippen LogP contribution is 2.37. The predicted octanol–water partition coefficient (Wildman–Crippen LogP) is 4.60. The summed E-state index contributed by atoms with van der Waals surface area (Å²) in [6, 6.07) is 9.04. The van der Waals surface area contributed by atoms with Crippen LogP contribution in [0.15, 0.2) is 73.6 Å². The molecule has 1 aromatic carbocycles. The molecule has 5 aromatic rings. The molecule has 1 aliphatic rings. The molecule has 164 valence electrons. The van der Waals surface area contributed by atoms with E-state index in [0.717, 1.165) is 35.7 Å². The van der Waals surface area contributed by atoms with Crippen molar-refractivity contribution >= 4 is 11.5 Å². The quantitative estimate of drug-likeness (QED) is 0.406. The Balaban J connectivity index is 1.38. The number of hydrogen-bond acceptors (Lipinski definition) is 5. The van der Waals surface area contributed by atoms with Crippen molar-refractivity contribution in [1.82, 2.24) is 29.4 Å². The molecule has 0 radical (unpaired) electrons. The number of benzene rings is 1. The number of rotatable bonds is 4. The molecule has 1 saturated heterocycles. The van der Waals surface area contributed by atoms with Gasteiger partial charge in [-0.1, -0.05) is 6.07 Å². The molecule has 0 bridgehead atoms. The van der Waals surface area contributed by atoms with Crippen LogP contribution in [0.5, 0.6) is 0 Å². The van der Waals surface area contributed by atoms with E-state index in [9.17, 15) is 8.78 Å². The zero-order chi connectivity index (χ0) is 22.4. The minimum absolute atomic E-state index is 0.274. The zero-order valence-electron chi connectivity index (χ0n) is 17.5. The lowest BCUT2D eigenvalue weighted by Crippen LogP contribution is -2.24. The van der Waals surface area contributed by atoms with Crippen LogP contribution in [0, 0.1) is 11.6 Å². The number of halogens is 2. The number of pyridine rings is 1. The third-order valence-electron chi connectivity index (χ3n) is 6.02. The molecule has 6 rings (SSSR count). The molecule has 0 saturated carbocycles. The summed E-state index contributed by atoms with van der Waals surface area (Å²) in [6.07, 6.45) is 12.3. The third kappa shape index (κ3) is 3.42. The van der Waals surface area contributed by atoms with Crippen LogP contribution < -0.4 is 4.90 Å². The van der Waals surface area contributed by atoms with Crippen LogP contribution in [0.3, 0.4) is 0 Å². The maximum Gasteiger partial charge on any atom is 0.183 e. The zero-order valence-corrected chi connectivity index (χ0v) is 17.5. The van der Waals surface area contributed by atoms with Crippen LogP contribution in [-0.4, -0.2) is 35.9 Å². The van der Waals surface area contributed by atoms with Gasteiger partial charge in [0.1, 0.15) is 23.1 Å². The Morgan fingerprint density at radius 2 is 1.91 bits per heavy atom. The number of nitrogens with zero attached hydrogens (tertiary/aromatic N) is 7. The lowest BCUT2D eigenvalue weighted by Gasteiger charge is -2.26. The second kappa shape index (κ2) is 7.77. The second-order valence-electron chi connectivity index (χ2n) is 8.02. The maximum absolute atomic E-state index is 14.5. The highest BCUT2D eigenvalue weighted by molar-refractivity contribution is 5.65. The molecule has 33 heavy (non-hydrogen) atoms. The molecular weight excluding hydrogens is 424 g/mol. The molecule has 0 N–H and O–H groups in total. The van der Waals surface area contributed by atoms with Crippen molar-refractivity contribution < 1.29 is 8.78 Å². The molecule has 9 heteroatoms. The van der Waals surface area contributed by atoms with Gasteiger partial charge in [-0.05, 0) is 43.2 Å². The van der Waals surface area contributed by atoms with Gasteiger partial charge in [0.2, 0.25) is 0 Å². The topological polar surface area (TPSA) is 64.1 Å². The van der Waals surface area contributed by atoms with Crippen LogP contribution in [0.4, 0.5) is 14.6 Å². The van der Waals surface area contributed by atoms with Crippen molar-refractivity contribution in [1.29, 1.82) is 0 Å². The summed E-state index contributed by atoms with van der Waals surface area (Å²) in [7, 11) is 0. The lowest BCUT2D eigenvalue weighted by atomic mass is 10.0. The van der Waals surface area contributed by atoms with Crippen molar-refractivity contribution in [3.05, 3.63) is 90.8 Å². The van der Waals surface area contributed by atoms with Crippen LogP contribution >= 0.6 is 0 Å². The molecule has 1 unspecified atom stereocenters. The van der Waals surface area contributed by atoms with Crippen LogP contribution in [0.2, 0.25) is 0 Å². The van der Waals surface area contributed by atoms with Crippen molar-refractivity contribution in [3.63, 3.8) is 0 Å². The van der Waals surface area contributed by atoms with Crippen molar-refractivity contribution in [2.24, 2.45) is 0 Å². The van der Waals surface area contributed by atoms with E-state index >= 15 is 0 Å². The molecule has 1 aliphatic heterocycles. The Morgan fingerprint density at radius 1 is 0.970 bits per heavy atom. The summed E-state index contributed by atoms with van der Waals surface area (Å²) in [5, 5.41) is 8.89. The van der Waals surface area contributed by atoms with Gasteiger partial charge in [0.15, 0.2) is 5.65 Å². The average molecular weight is 443 g/mol. The fraction of sp³-hybridized carbons (Fsp3) is 0.167. The Bertz CT molecular complexity index is 1440. The number of hydrogen-bond donors (Lipinski definition) is 0. The van der Waals surface area contributed by atoms with Gasteiger partial charge in [0.25, 0.3) is 0 Å². The molecule has 1 atom stereocenters. The molecule has 5 heterocycles. The van der Waals surface area contributed by atoms with Gasteiger partial charge in [-0.3, -0.25) is 4.98 Å². The summed E-state index contributed by atoms with van der Waals surface area (Å²) in [5.74, 6) is -0.156. The number of anilines is 1. The summed E-state index contributed by atoms with van der Waals surface area (Å²) >= 11 is 0. The monoisotopic (exact) mass is 443 g/mol. The first-order chi connectivity index (χ1) is 16.2. The van der Waals surface area contributed by atoms with Gasteiger partial charge in [0.05, 0.1) is 18.4 Å². The fourth-order valence-electron chi connectivity index (χ4n) is 4.44. The Hall–Kier alpha value is -4.14. The van der Waals surface area contributed by atoms with E-state index in [4.69, 9.17) is 4.98 Å². The minimum atomic E-state index is -0.442. The normalized spacial score (nSPS) is 16.1. The first-order valence-electron chi connectivity index (χ1n) is 10.7. The van der Waals surface area contributed by atoms with E-state index in [1.165, 1.54) is 12.1 Å². The van der Waals surface area contributed by atoms with Crippen molar-refractivity contribution in [2.45, 2.75) is 18.9 Å². The van der Waals surface area contributed by atoms with Crippen molar-refractivity contribution in [2.75, 3.05) is 11.4 Å². The van der Waals surface area contributed by atoms with Crippen molar-refractivity contribution in [3.8, 4) is 16.8 Å². The third-order valence-corrected chi connectivity index (χ3v) is 6.02. The van der Waals surface area contributed by atoms with E-state index in [1.54, 1.807) is 34.0 Å². The van der Waals surface area contributed by atoms with E-state index in [2.05, 4.69) is 15.2 Å². The number of fused-ring (bicyclic) bond motifs is 1. The van der Waals surface area contributed by atoms with Gasteiger partial charge in [-0.15, -0.1) is 0 Å². The lowest BCUT2D eigenvalue weighted by molar-refractivity contribution is 0.560. The summed E-state index contributed by atoms with van der Waals surface area (Å²) in [4.78, 5) is 11.0. The van der Waals surface area contributed by atoms with Gasteiger partial charge < -0.3 is 4.90 Å². The van der Waals surface area contributed by atoms with Gasteiger partial charge in [0, 0.05) is 48.0 Å². The molecule has 0 aliphatic carbocycles. The minimum Gasteiger partial charge on any atom is -0.349 e. The van der Waals surface area contributed by atoms with Crippen LogP contribution in [0.25, 0.3) is 22.5 Å². The van der Waals surface area contributed by atoms with E-state index in [0.29, 0.717) is 23.6 Å². The van der Waals surface area contributed by atoms with E-state index in [1.807, 2.05) is 35.5 Å².